The number of nitrogens with one attached hydrogen (secondary N) is 1. The van der Waals surface area contributed by atoms with Crippen molar-refractivity contribution >= 4 is 17.5 Å². The van der Waals surface area contributed by atoms with Crippen molar-refractivity contribution in [2.75, 3.05) is 5.32 Å². The highest BCUT2D eigenvalue weighted by molar-refractivity contribution is 5.90. The molecule has 1 aromatic heterocycles. The largest absolute Gasteiger partial charge is 0.361 e. The monoisotopic (exact) mass is 203 g/mol. The van der Waals surface area contributed by atoms with Crippen LogP contribution in [-0.4, -0.2) is 10.9 Å². The molecular formula is C11H13N3O. The topological polar surface area (TPSA) is 46.4 Å². The first-order chi connectivity index (χ1) is 7.11. The Morgan fingerprint density at radius 2 is 2.33 bits per heavy atom. The third-order valence-electron chi connectivity index (χ3n) is 1.71. The first kappa shape index (κ1) is 11.2. The number of hydrogen-bond donors (Lipinski definition) is 1. The van der Waals surface area contributed by atoms with E-state index in [2.05, 4.69) is 15.1 Å². The Bertz CT molecular complexity index is 393. The minimum atomic E-state index is -0.0698. The number of amides is 1. The maximum atomic E-state index is 11.4. The Hall–Kier alpha value is -1.89. The molecule has 0 aromatic carbocycles. The lowest BCUT2D eigenvalue weighted by atomic mass is 10.1. The van der Waals surface area contributed by atoms with Crippen molar-refractivity contribution < 1.29 is 4.79 Å². The molecule has 0 atom stereocenters. The fourth-order valence-electron chi connectivity index (χ4n) is 1.12. The number of aromatic nitrogens is 1. The van der Waals surface area contributed by atoms with E-state index in [1.165, 1.54) is 0 Å². The van der Waals surface area contributed by atoms with E-state index in [9.17, 15) is 4.79 Å². The normalized spacial score (nSPS) is 9.73. The Kier molecular flexibility index (Phi) is 3.81. The first-order valence-electron chi connectivity index (χ1n) is 4.76. The fraction of sp³-hybridized carbons (Fsp3) is 0.364. The van der Waals surface area contributed by atoms with Crippen molar-refractivity contribution in [2.24, 2.45) is 5.92 Å². The second kappa shape index (κ2) is 5.11. The molecule has 4 heteroatoms. The maximum Gasteiger partial charge on any atom is 0.271 e. The third-order valence-corrected chi connectivity index (χ3v) is 1.71. The van der Waals surface area contributed by atoms with Gasteiger partial charge in [0, 0.05) is 12.5 Å². The summed E-state index contributed by atoms with van der Waals surface area (Å²) >= 11 is 0. The molecule has 15 heavy (non-hydrogen) atoms. The second-order valence-electron chi connectivity index (χ2n) is 3.64. The average molecular weight is 203 g/mol. The van der Waals surface area contributed by atoms with Gasteiger partial charge < -0.3 is 4.85 Å². The van der Waals surface area contributed by atoms with Crippen molar-refractivity contribution in [3.8, 4) is 0 Å². The highest BCUT2D eigenvalue weighted by Gasteiger charge is 2.08. The minimum Gasteiger partial charge on any atom is -0.361 e. The van der Waals surface area contributed by atoms with Gasteiger partial charge in [-0.1, -0.05) is 26.5 Å². The molecule has 0 fully saturated rings. The Morgan fingerprint density at radius 1 is 1.60 bits per heavy atom. The zero-order valence-electron chi connectivity index (χ0n) is 8.82. The second-order valence-corrected chi connectivity index (χ2v) is 3.64. The van der Waals surface area contributed by atoms with Crippen LogP contribution in [0.2, 0.25) is 0 Å². The van der Waals surface area contributed by atoms with Gasteiger partial charge in [-0.15, -0.1) is 4.98 Å². The van der Waals surface area contributed by atoms with Crippen LogP contribution in [0.5, 0.6) is 0 Å². The van der Waals surface area contributed by atoms with Crippen LogP contribution in [0, 0.1) is 12.5 Å². The standard InChI is InChI=1S/C11H13N3O/c1-8(2)7-11(15)14-10-6-4-5-9(12-3)13-10/h4-6,8H,7H2,1-2H3,(H,13,14,15). The molecule has 0 bridgehead atoms. The maximum absolute atomic E-state index is 11.4. The Labute approximate surface area is 89.2 Å². The molecule has 78 valence electrons. The molecule has 1 amide bonds. The van der Waals surface area contributed by atoms with Crippen molar-refractivity contribution in [2.45, 2.75) is 20.3 Å². The van der Waals surface area contributed by atoms with Crippen molar-refractivity contribution in [3.63, 3.8) is 0 Å². The van der Waals surface area contributed by atoms with E-state index < -0.39 is 0 Å². The van der Waals surface area contributed by atoms with Crippen LogP contribution in [0.25, 0.3) is 4.85 Å². The van der Waals surface area contributed by atoms with Gasteiger partial charge >= 0.3 is 0 Å². The van der Waals surface area contributed by atoms with Gasteiger partial charge in [-0.2, -0.15) is 0 Å². The van der Waals surface area contributed by atoms with Gasteiger partial charge in [0.2, 0.25) is 11.7 Å². The molecule has 0 spiro atoms. The minimum absolute atomic E-state index is 0.0698. The summed E-state index contributed by atoms with van der Waals surface area (Å²) in [4.78, 5) is 18.5. The molecule has 0 aliphatic rings. The summed E-state index contributed by atoms with van der Waals surface area (Å²) in [6.45, 7) is 10.7. The van der Waals surface area contributed by atoms with Crippen LogP contribution < -0.4 is 5.32 Å². The highest BCUT2D eigenvalue weighted by atomic mass is 16.1. The predicted molar refractivity (Wildman–Crippen MR) is 58.6 cm³/mol. The van der Waals surface area contributed by atoms with E-state index in [4.69, 9.17) is 6.57 Å². The van der Waals surface area contributed by atoms with Crippen molar-refractivity contribution in [1.82, 2.24) is 4.98 Å². The molecule has 1 rings (SSSR count). The van der Waals surface area contributed by atoms with Gasteiger partial charge in [0.15, 0.2) is 0 Å². The quantitative estimate of drug-likeness (QED) is 0.767. The molecular weight excluding hydrogens is 190 g/mol. The van der Waals surface area contributed by atoms with Crippen LogP contribution in [0.1, 0.15) is 20.3 Å². The van der Waals surface area contributed by atoms with Crippen LogP contribution in [0.4, 0.5) is 11.6 Å². The summed E-state index contributed by atoms with van der Waals surface area (Å²) in [6.07, 6.45) is 0.462. The lowest BCUT2D eigenvalue weighted by Gasteiger charge is -2.03. The zero-order valence-corrected chi connectivity index (χ0v) is 8.82. The van der Waals surface area contributed by atoms with Crippen molar-refractivity contribution in [3.05, 3.63) is 29.6 Å². The van der Waals surface area contributed by atoms with Gasteiger partial charge in [-0.25, -0.2) is 0 Å². The summed E-state index contributed by atoms with van der Waals surface area (Å²) < 4.78 is 0. The highest BCUT2D eigenvalue weighted by Crippen LogP contribution is 2.12. The molecule has 0 radical (unpaired) electrons. The predicted octanol–water partition coefficient (Wildman–Crippen LogP) is 2.62. The molecule has 1 aromatic rings. The van der Waals surface area contributed by atoms with E-state index in [1.54, 1.807) is 18.2 Å². The summed E-state index contributed by atoms with van der Waals surface area (Å²) in [6, 6.07) is 4.98. The lowest BCUT2D eigenvalue weighted by Crippen LogP contribution is -2.14. The van der Waals surface area contributed by atoms with Crippen LogP contribution >= 0.6 is 0 Å². The van der Waals surface area contributed by atoms with E-state index in [-0.39, 0.29) is 11.7 Å². The number of anilines is 1. The average Bonchev–Trinajstić information content (AvgIpc) is 2.16. The molecule has 0 saturated heterocycles. The van der Waals surface area contributed by atoms with Crippen molar-refractivity contribution in [1.29, 1.82) is 0 Å². The molecule has 0 aliphatic heterocycles. The summed E-state index contributed by atoms with van der Waals surface area (Å²) in [7, 11) is 0. The molecule has 0 aliphatic carbocycles. The lowest BCUT2D eigenvalue weighted by molar-refractivity contribution is -0.116. The molecule has 4 nitrogen and oxygen atoms in total. The van der Waals surface area contributed by atoms with Gasteiger partial charge in [0.05, 0.1) is 0 Å². The van der Waals surface area contributed by atoms with E-state index >= 15 is 0 Å². The van der Waals surface area contributed by atoms with Crippen LogP contribution in [0.15, 0.2) is 18.2 Å². The van der Waals surface area contributed by atoms with E-state index in [0.29, 0.717) is 18.2 Å². The molecule has 1 N–H and O–H groups in total. The fourth-order valence-corrected chi connectivity index (χ4v) is 1.12. The van der Waals surface area contributed by atoms with Crippen LogP contribution in [0.3, 0.4) is 0 Å². The first-order valence-corrected chi connectivity index (χ1v) is 4.76. The number of rotatable bonds is 3. The Balaban J connectivity index is 2.65. The van der Waals surface area contributed by atoms with Gasteiger partial charge in [-0.3, -0.25) is 10.1 Å². The van der Waals surface area contributed by atoms with Crippen LogP contribution in [-0.2, 0) is 4.79 Å². The Morgan fingerprint density at radius 3 is 2.93 bits per heavy atom. The molecule has 0 unspecified atom stereocenters. The number of carbonyl (C=O) groups excluding carboxylic acids is 1. The van der Waals surface area contributed by atoms with Gasteiger partial charge in [0.25, 0.3) is 5.82 Å². The SMILES string of the molecule is [C-]#[N+]c1cccc(NC(=O)CC(C)C)n1. The number of carbonyl (C=O) groups is 1. The number of hydrogen-bond acceptors (Lipinski definition) is 2. The van der Waals surface area contributed by atoms with Gasteiger partial charge in [-0.05, 0) is 12.0 Å². The summed E-state index contributed by atoms with van der Waals surface area (Å²) in [5.74, 6) is 0.972. The smallest absolute Gasteiger partial charge is 0.271 e. The van der Waals surface area contributed by atoms with Gasteiger partial charge in [0.1, 0.15) is 0 Å². The summed E-state index contributed by atoms with van der Waals surface area (Å²) in [5.41, 5.74) is 0. The molecule has 1 heterocycles. The molecule has 0 saturated carbocycles. The van der Waals surface area contributed by atoms with E-state index in [1.807, 2.05) is 13.8 Å². The summed E-state index contributed by atoms with van der Waals surface area (Å²) in [5, 5.41) is 2.65. The zero-order chi connectivity index (χ0) is 11.3. The number of nitrogens with zero attached hydrogens (tertiary/aromatic N) is 2. The number of pyridine rings is 1. The third kappa shape index (κ3) is 3.77. The van der Waals surface area contributed by atoms with E-state index in [0.717, 1.165) is 0 Å².